The predicted molar refractivity (Wildman–Crippen MR) is 111 cm³/mol. The number of amides is 1. The number of nitrogens with one attached hydrogen (secondary N) is 3. The highest BCUT2D eigenvalue weighted by atomic mass is 16.5. The number of hydrogen-bond acceptors (Lipinski definition) is 7. The number of carbonyl (C=O) groups is 2. The number of aromatic nitrogens is 4. The van der Waals surface area contributed by atoms with Crippen LogP contribution < -0.4 is 11.1 Å². The first-order valence-corrected chi connectivity index (χ1v) is 9.67. The van der Waals surface area contributed by atoms with Gasteiger partial charge in [-0.15, -0.1) is 0 Å². The highest BCUT2D eigenvalue weighted by Gasteiger charge is 2.25. The monoisotopic (exact) mass is 422 g/mol. The topological polar surface area (TPSA) is 152 Å². The number of rotatable bonds is 8. The third kappa shape index (κ3) is 4.48. The van der Waals surface area contributed by atoms with Crippen molar-refractivity contribution >= 4 is 22.8 Å². The highest BCUT2D eigenvalue weighted by molar-refractivity contribution is 5.95. The molecule has 0 saturated heterocycles. The smallest absolute Gasteiger partial charge is 0.328 e. The van der Waals surface area contributed by atoms with Crippen LogP contribution in [-0.2, 0) is 22.4 Å². The van der Waals surface area contributed by atoms with Gasteiger partial charge in [0.1, 0.15) is 12.3 Å². The Morgan fingerprint density at radius 1 is 1.26 bits per heavy atom. The Balaban J connectivity index is 1.44. The normalized spacial score (nSPS) is 13.1. The number of hydrogen-bond donors (Lipinski definition) is 4. The molecule has 160 valence electrons. The minimum Gasteiger partial charge on any atom is -0.467 e. The summed E-state index contributed by atoms with van der Waals surface area (Å²) in [6.07, 6.45) is 6.87. The number of esters is 1. The van der Waals surface area contributed by atoms with E-state index in [2.05, 4.69) is 25.3 Å². The van der Waals surface area contributed by atoms with Gasteiger partial charge >= 0.3 is 5.97 Å². The second-order valence-electron chi connectivity index (χ2n) is 7.07. The average molecular weight is 422 g/mol. The molecule has 5 N–H and O–H groups in total. The minimum absolute atomic E-state index is 0.0305. The van der Waals surface area contributed by atoms with Gasteiger partial charge in [-0.25, -0.2) is 14.8 Å². The summed E-state index contributed by atoms with van der Waals surface area (Å²) in [4.78, 5) is 38.9. The fourth-order valence-electron chi connectivity index (χ4n) is 3.37. The average Bonchev–Trinajstić information content (AvgIpc) is 3.54. The second-order valence-corrected chi connectivity index (χ2v) is 7.07. The maximum absolute atomic E-state index is 12.6. The van der Waals surface area contributed by atoms with Gasteiger partial charge < -0.3 is 30.2 Å². The molecule has 3 heterocycles. The molecule has 2 unspecified atom stereocenters. The lowest BCUT2D eigenvalue weighted by molar-refractivity contribution is -0.142. The van der Waals surface area contributed by atoms with E-state index in [1.165, 1.54) is 19.7 Å². The lowest BCUT2D eigenvalue weighted by atomic mass is 10.1. The van der Waals surface area contributed by atoms with Crippen LogP contribution in [0.3, 0.4) is 0 Å². The number of fused-ring (bicyclic) bond motifs is 1. The van der Waals surface area contributed by atoms with Crippen LogP contribution >= 0.6 is 0 Å². The maximum Gasteiger partial charge on any atom is 0.328 e. The number of nitrogens with two attached hydrogens (primary N) is 1. The number of H-pyrrole nitrogens is 2. The molecule has 4 rings (SSSR count). The fourth-order valence-corrected chi connectivity index (χ4v) is 3.37. The van der Waals surface area contributed by atoms with E-state index in [0.29, 0.717) is 12.1 Å². The molecule has 3 aromatic heterocycles. The molecule has 0 radical (unpaired) electrons. The van der Waals surface area contributed by atoms with E-state index < -0.39 is 24.0 Å². The van der Waals surface area contributed by atoms with Crippen molar-refractivity contribution < 1.29 is 18.7 Å². The van der Waals surface area contributed by atoms with Crippen molar-refractivity contribution in [1.82, 2.24) is 25.3 Å². The van der Waals surface area contributed by atoms with E-state index in [1.54, 1.807) is 6.20 Å². The molecule has 1 amide bonds. The molecule has 0 spiro atoms. The largest absolute Gasteiger partial charge is 0.467 e. The Kier molecular flexibility index (Phi) is 5.80. The van der Waals surface area contributed by atoms with Crippen molar-refractivity contribution in [1.29, 1.82) is 0 Å². The van der Waals surface area contributed by atoms with E-state index in [9.17, 15) is 9.59 Å². The molecule has 4 aromatic rings. The lowest BCUT2D eigenvalue weighted by Crippen LogP contribution is -2.43. The summed E-state index contributed by atoms with van der Waals surface area (Å²) >= 11 is 0. The van der Waals surface area contributed by atoms with Crippen molar-refractivity contribution in [2.24, 2.45) is 5.73 Å². The molecular weight excluding hydrogens is 400 g/mol. The predicted octanol–water partition coefficient (Wildman–Crippen LogP) is 1.64. The number of imidazole rings is 1. The molecule has 0 bridgehead atoms. The van der Waals surface area contributed by atoms with Gasteiger partial charge in [-0.3, -0.25) is 4.79 Å². The van der Waals surface area contributed by atoms with Crippen molar-refractivity contribution in [3.05, 3.63) is 72.1 Å². The van der Waals surface area contributed by atoms with E-state index in [4.69, 9.17) is 14.9 Å². The van der Waals surface area contributed by atoms with Gasteiger partial charge in [-0.05, 0) is 18.1 Å². The Bertz CT molecular complexity index is 1180. The molecule has 2 atom stereocenters. The van der Waals surface area contributed by atoms with Crippen LogP contribution in [-0.4, -0.2) is 45.0 Å². The molecule has 31 heavy (non-hydrogen) atoms. The van der Waals surface area contributed by atoms with Gasteiger partial charge in [0.05, 0.1) is 19.5 Å². The number of nitrogens with zero attached hydrogens (tertiary/aromatic N) is 2. The molecule has 0 aliphatic rings. The van der Waals surface area contributed by atoms with Crippen molar-refractivity contribution in [2.45, 2.75) is 24.9 Å². The van der Waals surface area contributed by atoms with Gasteiger partial charge in [0, 0.05) is 35.4 Å². The zero-order valence-electron chi connectivity index (χ0n) is 16.8. The van der Waals surface area contributed by atoms with E-state index in [-0.39, 0.29) is 18.0 Å². The molecular formula is C21H22N6O4. The van der Waals surface area contributed by atoms with Gasteiger partial charge in [-0.1, -0.05) is 18.2 Å². The summed E-state index contributed by atoms with van der Waals surface area (Å²) in [5, 5.41) is 3.69. The molecule has 0 aliphatic heterocycles. The third-order valence-electron chi connectivity index (χ3n) is 4.96. The number of oxazole rings is 1. The molecule has 10 nitrogen and oxygen atoms in total. The summed E-state index contributed by atoms with van der Waals surface area (Å²) < 4.78 is 10.2. The minimum atomic E-state index is -0.905. The van der Waals surface area contributed by atoms with Crippen LogP contribution in [0.25, 0.3) is 10.9 Å². The zero-order chi connectivity index (χ0) is 21.8. The van der Waals surface area contributed by atoms with Crippen LogP contribution in [0.5, 0.6) is 0 Å². The number of aromatic amines is 2. The van der Waals surface area contributed by atoms with E-state index >= 15 is 0 Å². The molecule has 0 fully saturated rings. The van der Waals surface area contributed by atoms with Crippen LogP contribution in [0.4, 0.5) is 0 Å². The molecule has 0 saturated carbocycles. The van der Waals surface area contributed by atoms with Gasteiger partial charge in [0.25, 0.3) is 5.91 Å². The lowest BCUT2D eigenvalue weighted by Gasteiger charge is -2.14. The maximum atomic E-state index is 12.6. The van der Waals surface area contributed by atoms with Gasteiger partial charge in [-0.2, -0.15) is 0 Å². The molecule has 0 aliphatic carbocycles. The zero-order valence-corrected chi connectivity index (χ0v) is 16.8. The number of carbonyl (C=O) groups excluding carboxylic acids is 2. The molecule has 10 heteroatoms. The Morgan fingerprint density at radius 2 is 2.10 bits per heavy atom. The number of ether oxygens (including phenoxy) is 1. The SMILES string of the molecule is COC(=O)C(Cc1cnc[nH]1)NC(=O)c1coc(C(N)Cc2c[nH]c3ccccc23)n1. The Hall–Kier alpha value is -3.92. The van der Waals surface area contributed by atoms with E-state index in [0.717, 1.165) is 16.5 Å². The summed E-state index contributed by atoms with van der Waals surface area (Å²) in [6, 6.07) is 6.46. The van der Waals surface area contributed by atoms with Crippen LogP contribution in [0.2, 0.25) is 0 Å². The van der Waals surface area contributed by atoms with Crippen LogP contribution in [0.1, 0.15) is 33.7 Å². The fraction of sp³-hybridized carbons (Fsp3) is 0.238. The second kappa shape index (κ2) is 8.84. The summed E-state index contributed by atoms with van der Waals surface area (Å²) in [5.41, 5.74) is 9.02. The number of benzene rings is 1. The van der Waals surface area contributed by atoms with Crippen molar-refractivity contribution in [3.63, 3.8) is 0 Å². The standard InChI is InChI=1S/C21H22N6O4/c1-30-21(29)17(7-13-9-23-11-25-13)26-19(28)18-10-31-20(27-18)15(22)6-12-8-24-16-5-3-2-4-14(12)16/h2-5,8-11,15,17,24H,6-7,22H2,1H3,(H,23,25)(H,26,28). The van der Waals surface area contributed by atoms with Crippen LogP contribution in [0.15, 0.2) is 53.7 Å². The Morgan fingerprint density at radius 3 is 2.87 bits per heavy atom. The highest BCUT2D eigenvalue weighted by Crippen LogP contribution is 2.23. The Labute approximate surface area is 177 Å². The summed E-state index contributed by atoms with van der Waals surface area (Å²) in [5.74, 6) is -0.912. The van der Waals surface area contributed by atoms with Crippen LogP contribution in [0, 0.1) is 0 Å². The van der Waals surface area contributed by atoms with Crippen molar-refractivity contribution in [3.8, 4) is 0 Å². The number of para-hydroxylation sites is 1. The first kappa shape index (κ1) is 20.4. The van der Waals surface area contributed by atoms with Crippen molar-refractivity contribution in [2.75, 3.05) is 7.11 Å². The van der Waals surface area contributed by atoms with Gasteiger partial charge in [0.2, 0.25) is 5.89 Å². The summed E-state index contributed by atoms with van der Waals surface area (Å²) in [6.45, 7) is 0. The number of methoxy groups -OCH3 is 1. The summed E-state index contributed by atoms with van der Waals surface area (Å²) in [7, 11) is 1.26. The van der Waals surface area contributed by atoms with E-state index in [1.807, 2.05) is 30.5 Å². The molecule has 1 aromatic carbocycles. The van der Waals surface area contributed by atoms with Gasteiger partial charge in [0.15, 0.2) is 5.69 Å². The first-order chi connectivity index (χ1) is 15.0. The first-order valence-electron chi connectivity index (χ1n) is 9.67. The third-order valence-corrected chi connectivity index (χ3v) is 4.96. The quantitative estimate of drug-likeness (QED) is 0.315.